The van der Waals surface area contributed by atoms with E-state index in [2.05, 4.69) is 39.3 Å². The first-order valence-electron chi connectivity index (χ1n) is 11.5. The molecule has 0 amide bonds. The molecule has 0 aliphatic heterocycles. The number of nitrogens with zero attached hydrogens (tertiary/aromatic N) is 4. The number of benzene rings is 1. The van der Waals surface area contributed by atoms with Gasteiger partial charge in [0, 0.05) is 13.0 Å². The van der Waals surface area contributed by atoms with Crippen molar-refractivity contribution in [1.29, 1.82) is 0 Å². The second-order valence-corrected chi connectivity index (χ2v) is 7.26. The molecule has 0 unspecified atom stereocenters. The average molecular weight is 429 g/mol. The van der Waals surface area contributed by atoms with E-state index < -0.39 is 6.08 Å². The number of rotatable bonds is 6. The second-order valence-electron chi connectivity index (χ2n) is 7.26. The molecule has 170 valence electrons. The van der Waals surface area contributed by atoms with Crippen LogP contribution < -0.4 is 11.1 Å². The Bertz CT molecular complexity index is 996. The number of aryl methyl sites for hydroxylation is 4. The van der Waals surface area contributed by atoms with Gasteiger partial charge in [0.05, 0.1) is 0 Å². The van der Waals surface area contributed by atoms with Crippen LogP contribution in [0.2, 0.25) is 0 Å². The summed E-state index contributed by atoms with van der Waals surface area (Å²) in [6, 6.07) is 4.62. The van der Waals surface area contributed by atoms with Crippen LogP contribution in [-0.4, -0.2) is 33.1 Å². The average Bonchev–Trinajstić information content (AvgIpc) is 3.36. The van der Waals surface area contributed by atoms with Gasteiger partial charge in [0.15, 0.2) is 17.0 Å². The summed E-state index contributed by atoms with van der Waals surface area (Å²) in [6.45, 7) is 11.7. The van der Waals surface area contributed by atoms with Crippen LogP contribution in [0.4, 0.5) is 10.2 Å². The molecule has 0 spiro atoms. The molecule has 6 nitrogen and oxygen atoms in total. The molecule has 1 aliphatic rings. The monoisotopic (exact) mass is 428 g/mol. The molecule has 31 heavy (non-hydrogen) atoms. The summed E-state index contributed by atoms with van der Waals surface area (Å²) in [5.41, 5.74) is 12.3. The number of anilines is 1. The summed E-state index contributed by atoms with van der Waals surface area (Å²) in [5, 5.41) is 3.14. The first kappa shape index (κ1) is 24.7. The fourth-order valence-electron chi connectivity index (χ4n) is 3.98. The van der Waals surface area contributed by atoms with E-state index in [-0.39, 0.29) is 5.82 Å². The smallest absolute Gasteiger partial charge is 0.312 e. The second kappa shape index (κ2) is 11.7. The lowest BCUT2D eigenvalue weighted by atomic mass is 9.98. The first-order valence-corrected chi connectivity index (χ1v) is 11.5. The molecule has 1 aromatic carbocycles. The Labute approximate surface area is 185 Å². The van der Waals surface area contributed by atoms with Crippen LogP contribution in [0, 0.1) is 13.0 Å². The molecule has 0 saturated heterocycles. The molecule has 7 heteroatoms. The van der Waals surface area contributed by atoms with Gasteiger partial charge < -0.3 is 15.6 Å². The summed E-state index contributed by atoms with van der Waals surface area (Å²) in [7, 11) is 1.92. The highest BCUT2D eigenvalue weighted by molar-refractivity contribution is 5.82. The minimum atomic E-state index is -0.810. The van der Waals surface area contributed by atoms with E-state index >= 15 is 0 Å². The number of halogens is 1. The van der Waals surface area contributed by atoms with E-state index in [4.69, 9.17) is 5.73 Å². The van der Waals surface area contributed by atoms with Crippen LogP contribution in [0.25, 0.3) is 11.2 Å². The largest absolute Gasteiger partial charge is 0.382 e. The molecular weight excluding hydrogens is 391 g/mol. The number of aromatic nitrogens is 4. The van der Waals surface area contributed by atoms with Crippen LogP contribution in [0.3, 0.4) is 0 Å². The molecular formula is C24H37FN6. The van der Waals surface area contributed by atoms with Gasteiger partial charge in [-0.1, -0.05) is 39.8 Å². The van der Waals surface area contributed by atoms with E-state index in [0.29, 0.717) is 24.1 Å². The van der Waals surface area contributed by atoms with Crippen LogP contribution in [-0.2, 0) is 25.8 Å². The highest BCUT2D eigenvalue weighted by Gasteiger charge is 2.19. The third-order valence-electron chi connectivity index (χ3n) is 5.38. The minimum Gasteiger partial charge on any atom is -0.382 e. The molecule has 2 heterocycles. The summed E-state index contributed by atoms with van der Waals surface area (Å²) in [5.74, 6) is 0.950. The van der Waals surface area contributed by atoms with Crippen molar-refractivity contribution >= 4 is 17.0 Å². The molecule has 2 aromatic heterocycles. The Kier molecular flexibility index (Phi) is 9.37. The van der Waals surface area contributed by atoms with Crippen LogP contribution >= 0.6 is 0 Å². The predicted octanol–water partition coefficient (Wildman–Crippen LogP) is 4.60. The number of nitrogens with two attached hydrogens (primary N) is 1. The zero-order chi connectivity index (χ0) is 23.0. The lowest BCUT2D eigenvalue weighted by Gasteiger charge is -2.12. The van der Waals surface area contributed by atoms with E-state index in [0.717, 1.165) is 25.2 Å². The zero-order valence-corrected chi connectivity index (χ0v) is 19.8. The Morgan fingerprint density at radius 3 is 2.42 bits per heavy atom. The summed E-state index contributed by atoms with van der Waals surface area (Å²) in [4.78, 5) is 12.3. The SMILES string of the molecule is CC.CC.CNCCCn1c(Cc2cc3c(cc2C)CCC3)nc2c(N)nc(F)nc21. The predicted molar refractivity (Wildman–Crippen MR) is 127 cm³/mol. The van der Waals surface area contributed by atoms with Gasteiger partial charge in [0.2, 0.25) is 0 Å². The van der Waals surface area contributed by atoms with Gasteiger partial charge in [-0.2, -0.15) is 14.4 Å². The molecule has 3 aromatic rings. The molecule has 4 rings (SSSR count). The Morgan fingerprint density at radius 1 is 1.06 bits per heavy atom. The standard InChI is InChI=1S/C20H25FN6.2C2H6/c1-12-9-13-5-3-6-14(13)10-15(12)11-16-24-17-18(22)25-20(21)26-19(17)27(16)8-4-7-23-2;2*1-2/h9-10,23H,3-8,11H2,1-2H3,(H2,22,25,26);2*1-2H3. The summed E-state index contributed by atoms with van der Waals surface area (Å²) >= 11 is 0. The Balaban J connectivity index is 0.000000807. The molecule has 0 radical (unpaired) electrons. The maximum atomic E-state index is 13.8. The van der Waals surface area contributed by atoms with Crippen molar-refractivity contribution in [1.82, 2.24) is 24.8 Å². The number of hydrogen-bond donors (Lipinski definition) is 2. The summed E-state index contributed by atoms with van der Waals surface area (Å²) < 4.78 is 15.7. The van der Waals surface area contributed by atoms with Gasteiger partial charge in [0.1, 0.15) is 5.82 Å². The van der Waals surface area contributed by atoms with Crippen molar-refractivity contribution in [3.05, 3.63) is 46.3 Å². The highest BCUT2D eigenvalue weighted by atomic mass is 19.1. The van der Waals surface area contributed by atoms with Crippen LogP contribution in [0.1, 0.15) is 68.6 Å². The van der Waals surface area contributed by atoms with Gasteiger partial charge in [-0.3, -0.25) is 0 Å². The zero-order valence-electron chi connectivity index (χ0n) is 19.8. The number of fused-ring (bicyclic) bond motifs is 2. The van der Waals surface area contributed by atoms with Gasteiger partial charge in [-0.05, 0) is 68.5 Å². The molecule has 1 aliphatic carbocycles. The molecule has 0 atom stereocenters. The molecule has 3 N–H and O–H groups in total. The van der Waals surface area contributed by atoms with Crippen LogP contribution in [0.15, 0.2) is 12.1 Å². The third-order valence-corrected chi connectivity index (χ3v) is 5.38. The number of nitrogen functional groups attached to an aromatic ring is 1. The van der Waals surface area contributed by atoms with Gasteiger partial charge in [0.25, 0.3) is 0 Å². The Hall–Kier alpha value is -2.54. The maximum Gasteiger partial charge on any atom is 0.312 e. The molecule has 0 bridgehead atoms. The lowest BCUT2D eigenvalue weighted by Crippen LogP contribution is -2.13. The lowest BCUT2D eigenvalue weighted by molar-refractivity contribution is 0.539. The first-order chi connectivity index (χ1) is 15.1. The van der Waals surface area contributed by atoms with Gasteiger partial charge in [-0.25, -0.2) is 4.98 Å². The normalized spacial score (nSPS) is 12.1. The van der Waals surface area contributed by atoms with Crippen LogP contribution in [0.5, 0.6) is 0 Å². The van der Waals surface area contributed by atoms with Crippen molar-refractivity contribution in [3.63, 3.8) is 0 Å². The number of imidazole rings is 1. The molecule has 0 saturated carbocycles. The van der Waals surface area contributed by atoms with E-state index in [1.165, 1.54) is 35.1 Å². The maximum absolute atomic E-state index is 13.8. The van der Waals surface area contributed by atoms with Crippen molar-refractivity contribution < 1.29 is 4.39 Å². The molecule has 0 fully saturated rings. The van der Waals surface area contributed by atoms with Gasteiger partial charge in [-0.15, -0.1) is 0 Å². The number of nitrogens with one attached hydrogen (secondary N) is 1. The topological polar surface area (TPSA) is 81.7 Å². The fourth-order valence-corrected chi connectivity index (χ4v) is 3.98. The quantitative estimate of drug-likeness (QED) is 0.443. The van der Waals surface area contributed by atoms with E-state index in [1.807, 2.05) is 39.3 Å². The summed E-state index contributed by atoms with van der Waals surface area (Å²) in [6.07, 6.45) is 4.30. The van der Waals surface area contributed by atoms with E-state index in [1.54, 1.807) is 0 Å². The van der Waals surface area contributed by atoms with Gasteiger partial charge >= 0.3 is 6.08 Å². The Morgan fingerprint density at radius 2 is 1.74 bits per heavy atom. The fraction of sp³-hybridized carbons (Fsp3) is 0.542. The van der Waals surface area contributed by atoms with Crippen molar-refractivity contribution in [3.8, 4) is 0 Å². The number of hydrogen-bond acceptors (Lipinski definition) is 5. The third kappa shape index (κ3) is 5.58. The van der Waals surface area contributed by atoms with Crippen molar-refractivity contribution in [2.24, 2.45) is 0 Å². The van der Waals surface area contributed by atoms with Crippen molar-refractivity contribution in [2.45, 2.75) is 73.3 Å². The van der Waals surface area contributed by atoms with Crippen molar-refractivity contribution in [2.75, 3.05) is 19.3 Å². The highest BCUT2D eigenvalue weighted by Crippen LogP contribution is 2.28. The minimum absolute atomic E-state index is 0.0943. The van der Waals surface area contributed by atoms with E-state index in [9.17, 15) is 4.39 Å².